The number of nitrogens with one attached hydrogen (secondary N) is 1. The first kappa shape index (κ1) is 31.9. The molecule has 0 heterocycles. The summed E-state index contributed by atoms with van der Waals surface area (Å²) in [7, 11) is 0. The van der Waals surface area contributed by atoms with Crippen LogP contribution in [0.1, 0.15) is 67.9 Å². The topological polar surface area (TPSA) is 116 Å². The van der Waals surface area contributed by atoms with Crippen LogP contribution in [0.2, 0.25) is 0 Å². The van der Waals surface area contributed by atoms with Crippen LogP contribution in [0.3, 0.4) is 0 Å². The molecule has 1 unspecified atom stereocenters. The van der Waals surface area contributed by atoms with E-state index in [2.05, 4.69) is 30.8 Å². The predicted octanol–water partition coefficient (Wildman–Crippen LogP) is 4.94. The fourth-order valence-electron chi connectivity index (χ4n) is 5.10. The molecule has 0 radical (unpaired) electrons. The summed E-state index contributed by atoms with van der Waals surface area (Å²) in [5, 5.41) is 20.5. The van der Waals surface area contributed by atoms with Crippen molar-refractivity contribution in [2.45, 2.75) is 77.9 Å². The Morgan fingerprint density at radius 2 is 1.51 bits per heavy atom. The number of nitrogens with zero attached hydrogens (tertiary/aromatic N) is 1. The van der Waals surface area contributed by atoms with Crippen molar-refractivity contribution in [3.05, 3.63) is 65.2 Å². The molecule has 41 heavy (non-hydrogen) atoms. The summed E-state index contributed by atoms with van der Waals surface area (Å²) < 4.78 is 41.4. The van der Waals surface area contributed by atoms with Crippen molar-refractivity contribution in [1.82, 2.24) is 10.2 Å². The number of benzene rings is 2. The molecule has 1 fully saturated rings. The SMILES string of the molecule is CC(C)(C)C1CCC(N(Cc2ccc(C(=O)NCC(O)C(=O)O)cc2)C(=O)Cc2ccc(OC(F)(F)F)cc2)CC1. The number of amides is 2. The van der Waals surface area contributed by atoms with Crippen LogP contribution < -0.4 is 10.1 Å². The lowest BCUT2D eigenvalue weighted by molar-refractivity contribution is -0.274. The Morgan fingerprint density at radius 1 is 0.951 bits per heavy atom. The molecule has 0 aromatic heterocycles. The van der Waals surface area contributed by atoms with Crippen molar-refractivity contribution < 1.29 is 42.5 Å². The molecule has 1 saturated carbocycles. The predicted molar refractivity (Wildman–Crippen MR) is 145 cm³/mol. The Labute approximate surface area is 237 Å². The molecule has 1 aliphatic carbocycles. The Hall–Kier alpha value is -3.60. The van der Waals surface area contributed by atoms with Gasteiger partial charge in [0.25, 0.3) is 5.91 Å². The highest BCUT2D eigenvalue weighted by Gasteiger charge is 2.34. The fourth-order valence-corrected chi connectivity index (χ4v) is 5.10. The Morgan fingerprint density at radius 3 is 2.02 bits per heavy atom. The Balaban J connectivity index is 1.72. The number of carbonyl (C=O) groups is 3. The van der Waals surface area contributed by atoms with Gasteiger partial charge in [0.05, 0.1) is 13.0 Å². The second kappa shape index (κ2) is 13.4. The summed E-state index contributed by atoms with van der Waals surface area (Å²) >= 11 is 0. The lowest BCUT2D eigenvalue weighted by atomic mass is 9.71. The van der Waals surface area contributed by atoms with E-state index in [9.17, 15) is 32.7 Å². The molecular formula is C30H37F3N2O6. The second-order valence-corrected chi connectivity index (χ2v) is 11.5. The average molecular weight is 579 g/mol. The van der Waals surface area contributed by atoms with Crippen LogP contribution in [0.15, 0.2) is 48.5 Å². The molecule has 0 bridgehead atoms. The van der Waals surface area contributed by atoms with Crippen molar-refractivity contribution in [2.75, 3.05) is 6.54 Å². The lowest BCUT2D eigenvalue weighted by Crippen LogP contribution is -2.43. The summed E-state index contributed by atoms with van der Waals surface area (Å²) in [6, 6.07) is 11.8. The number of ether oxygens (including phenoxy) is 1. The van der Waals surface area contributed by atoms with Crippen molar-refractivity contribution in [1.29, 1.82) is 0 Å². The number of aliphatic hydroxyl groups excluding tert-OH is 1. The summed E-state index contributed by atoms with van der Waals surface area (Å²) in [6.45, 7) is 6.50. The minimum absolute atomic E-state index is 0.00517. The third-order valence-corrected chi connectivity index (χ3v) is 7.50. The molecule has 2 aromatic carbocycles. The summed E-state index contributed by atoms with van der Waals surface area (Å²) in [5.41, 5.74) is 1.79. The molecule has 224 valence electrons. The maximum Gasteiger partial charge on any atom is 0.573 e. The van der Waals surface area contributed by atoms with E-state index in [4.69, 9.17) is 5.11 Å². The van der Waals surface area contributed by atoms with E-state index in [1.54, 1.807) is 24.3 Å². The van der Waals surface area contributed by atoms with Gasteiger partial charge in [-0.05, 0) is 72.4 Å². The molecule has 2 aromatic rings. The molecule has 2 amide bonds. The van der Waals surface area contributed by atoms with Gasteiger partial charge in [0.15, 0.2) is 6.10 Å². The zero-order valence-corrected chi connectivity index (χ0v) is 23.4. The zero-order chi connectivity index (χ0) is 30.4. The number of aliphatic hydroxyl groups is 1. The first-order valence-corrected chi connectivity index (χ1v) is 13.5. The van der Waals surface area contributed by atoms with E-state index in [0.29, 0.717) is 18.0 Å². The average Bonchev–Trinajstić information content (AvgIpc) is 2.90. The van der Waals surface area contributed by atoms with E-state index >= 15 is 0 Å². The largest absolute Gasteiger partial charge is 0.573 e. The van der Waals surface area contributed by atoms with Crippen LogP contribution in [0.4, 0.5) is 13.2 Å². The molecule has 0 saturated heterocycles. The van der Waals surface area contributed by atoms with Crippen LogP contribution in [-0.4, -0.2) is 57.9 Å². The van der Waals surface area contributed by atoms with Gasteiger partial charge < -0.3 is 25.2 Å². The summed E-state index contributed by atoms with van der Waals surface area (Å²) in [5.74, 6) is -1.95. The molecular weight excluding hydrogens is 541 g/mol. The van der Waals surface area contributed by atoms with E-state index in [0.717, 1.165) is 31.2 Å². The Bertz CT molecular complexity index is 1180. The first-order chi connectivity index (χ1) is 19.1. The monoisotopic (exact) mass is 578 g/mol. The highest BCUT2D eigenvalue weighted by atomic mass is 19.4. The van der Waals surface area contributed by atoms with Gasteiger partial charge in [-0.1, -0.05) is 45.0 Å². The number of hydrogen-bond acceptors (Lipinski definition) is 5. The first-order valence-electron chi connectivity index (χ1n) is 13.5. The highest BCUT2D eigenvalue weighted by molar-refractivity contribution is 5.94. The van der Waals surface area contributed by atoms with Crippen molar-refractivity contribution in [3.8, 4) is 5.75 Å². The van der Waals surface area contributed by atoms with Crippen LogP contribution in [0, 0.1) is 11.3 Å². The number of rotatable bonds is 10. The molecule has 0 aliphatic heterocycles. The van der Waals surface area contributed by atoms with Gasteiger partial charge in [-0.3, -0.25) is 9.59 Å². The molecule has 3 N–H and O–H groups in total. The van der Waals surface area contributed by atoms with Crippen molar-refractivity contribution in [3.63, 3.8) is 0 Å². The normalized spacial score (nSPS) is 18.3. The van der Waals surface area contributed by atoms with Gasteiger partial charge in [0.2, 0.25) is 5.91 Å². The molecule has 3 rings (SSSR count). The Kier molecular flexibility index (Phi) is 10.4. The van der Waals surface area contributed by atoms with Gasteiger partial charge in [0.1, 0.15) is 5.75 Å². The number of aliphatic carboxylic acids is 1. The third kappa shape index (κ3) is 9.77. The van der Waals surface area contributed by atoms with E-state index in [1.807, 2.05) is 4.90 Å². The molecule has 11 heteroatoms. The summed E-state index contributed by atoms with van der Waals surface area (Å²) in [6.07, 6.45) is -2.88. The summed E-state index contributed by atoms with van der Waals surface area (Å²) in [4.78, 5) is 38.5. The van der Waals surface area contributed by atoms with Crippen LogP contribution in [-0.2, 0) is 22.6 Å². The van der Waals surface area contributed by atoms with Gasteiger partial charge in [0, 0.05) is 18.2 Å². The van der Waals surface area contributed by atoms with Crippen molar-refractivity contribution in [2.24, 2.45) is 11.3 Å². The van der Waals surface area contributed by atoms with E-state index in [-0.39, 0.29) is 35.1 Å². The smallest absolute Gasteiger partial charge is 0.479 e. The molecule has 8 nitrogen and oxygen atoms in total. The molecule has 0 spiro atoms. The number of hydrogen-bond donors (Lipinski definition) is 3. The number of carboxylic acids is 1. The standard InChI is InChI=1S/C30H37F3N2O6/c1-29(2,3)22-10-12-23(13-11-22)35(26(37)16-19-6-14-24(15-7-19)41-30(31,32)33)18-20-4-8-21(9-5-20)27(38)34-17-25(36)28(39)40/h4-9,14-15,22-23,25,36H,10-13,16-18H2,1-3H3,(H,34,38)(H,39,40). The number of halogens is 3. The van der Waals surface area contributed by atoms with Crippen LogP contribution in [0.5, 0.6) is 5.75 Å². The highest BCUT2D eigenvalue weighted by Crippen LogP contribution is 2.39. The number of carboxylic acid groups (broad SMARTS) is 1. The van der Waals surface area contributed by atoms with Crippen LogP contribution in [0.25, 0.3) is 0 Å². The minimum atomic E-state index is -4.80. The third-order valence-electron chi connectivity index (χ3n) is 7.50. The maximum atomic E-state index is 13.6. The quantitative estimate of drug-likeness (QED) is 0.368. The van der Waals surface area contributed by atoms with E-state index in [1.165, 1.54) is 24.3 Å². The van der Waals surface area contributed by atoms with Gasteiger partial charge >= 0.3 is 12.3 Å². The zero-order valence-electron chi connectivity index (χ0n) is 23.4. The van der Waals surface area contributed by atoms with Crippen molar-refractivity contribution >= 4 is 17.8 Å². The number of alkyl halides is 3. The fraction of sp³-hybridized carbons (Fsp3) is 0.500. The lowest BCUT2D eigenvalue weighted by Gasteiger charge is -2.41. The van der Waals surface area contributed by atoms with E-state index < -0.39 is 30.9 Å². The maximum absolute atomic E-state index is 13.6. The molecule has 1 aliphatic rings. The van der Waals surface area contributed by atoms with Gasteiger partial charge in [-0.25, -0.2) is 4.79 Å². The second-order valence-electron chi connectivity index (χ2n) is 11.5. The van der Waals surface area contributed by atoms with Gasteiger partial charge in [-0.15, -0.1) is 13.2 Å². The molecule has 1 atom stereocenters. The minimum Gasteiger partial charge on any atom is -0.479 e. The van der Waals surface area contributed by atoms with Gasteiger partial charge in [-0.2, -0.15) is 0 Å². The number of carbonyl (C=O) groups excluding carboxylic acids is 2. The van der Waals surface area contributed by atoms with Crippen LogP contribution >= 0.6 is 0 Å².